The molecule has 11 heteroatoms. The Balaban J connectivity index is 1.72. The summed E-state index contributed by atoms with van der Waals surface area (Å²) in [5, 5.41) is 5.32. The second-order valence-electron chi connectivity index (χ2n) is 7.69. The monoisotopic (exact) mass is 486 g/mol. The molecule has 33 heavy (non-hydrogen) atoms. The standard InChI is InChI=1S/C22H19ClF4N2O4/c1-11(16-4-3-12(9-17(16)23)19(31)33-2)28-20(32)21(5-6-21)29-18(30)13-7-14(22(25,26)27)10-15(24)8-13/h3-4,7-11H,5-6H2,1-2H3,(H,28,32)(H,29,30)/t11-/m1/s1. The van der Waals surface area contributed by atoms with Crippen LogP contribution in [0.1, 0.15) is 57.7 Å². The molecular weight excluding hydrogens is 468 g/mol. The first-order valence-corrected chi connectivity index (χ1v) is 10.1. The molecule has 6 nitrogen and oxygen atoms in total. The molecular formula is C22H19ClF4N2O4. The first-order chi connectivity index (χ1) is 15.4. The van der Waals surface area contributed by atoms with Crippen LogP contribution in [0.15, 0.2) is 36.4 Å². The lowest BCUT2D eigenvalue weighted by Gasteiger charge is -2.22. The zero-order valence-electron chi connectivity index (χ0n) is 17.5. The predicted octanol–water partition coefficient (Wildman–Crippen LogP) is 4.42. The smallest absolute Gasteiger partial charge is 0.416 e. The summed E-state index contributed by atoms with van der Waals surface area (Å²) < 4.78 is 57.0. The van der Waals surface area contributed by atoms with Gasteiger partial charge in [0.25, 0.3) is 5.91 Å². The molecule has 2 amide bonds. The average Bonchev–Trinajstić information content (AvgIpc) is 3.52. The number of hydrogen-bond donors (Lipinski definition) is 2. The fraction of sp³-hybridized carbons (Fsp3) is 0.318. The van der Waals surface area contributed by atoms with Crippen molar-refractivity contribution in [3.63, 3.8) is 0 Å². The van der Waals surface area contributed by atoms with Gasteiger partial charge in [0.2, 0.25) is 5.91 Å². The Hall–Kier alpha value is -3.14. The van der Waals surface area contributed by atoms with Crippen molar-refractivity contribution in [1.29, 1.82) is 0 Å². The predicted molar refractivity (Wildman–Crippen MR) is 110 cm³/mol. The summed E-state index contributed by atoms with van der Waals surface area (Å²) in [5.74, 6) is -3.36. The van der Waals surface area contributed by atoms with Crippen LogP contribution in [0.3, 0.4) is 0 Å². The fourth-order valence-corrected chi connectivity index (χ4v) is 3.59. The highest BCUT2D eigenvalue weighted by atomic mass is 35.5. The molecule has 1 saturated carbocycles. The van der Waals surface area contributed by atoms with Gasteiger partial charge in [-0.1, -0.05) is 17.7 Å². The van der Waals surface area contributed by atoms with E-state index in [2.05, 4.69) is 15.4 Å². The number of halogens is 5. The molecule has 1 atom stereocenters. The Labute approximate surface area is 191 Å². The van der Waals surface area contributed by atoms with Crippen LogP contribution in [0.5, 0.6) is 0 Å². The van der Waals surface area contributed by atoms with Gasteiger partial charge in [0, 0.05) is 10.6 Å². The van der Waals surface area contributed by atoms with Gasteiger partial charge in [0.1, 0.15) is 11.4 Å². The van der Waals surface area contributed by atoms with Gasteiger partial charge in [-0.15, -0.1) is 0 Å². The quantitative estimate of drug-likeness (QED) is 0.467. The Morgan fingerprint density at radius 1 is 1.09 bits per heavy atom. The first kappa shape index (κ1) is 24.5. The highest BCUT2D eigenvalue weighted by Crippen LogP contribution is 2.37. The van der Waals surface area contributed by atoms with E-state index >= 15 is 0 Å². The third-order valence-electron chi connectivity index (χ3n) is 5.26. The van der Waals surface area contributed by atoms with Crippen molar-refractivity contribution in [2.24, 2.45) is 0 Å². The van der Waals surface area contributed by atoms with E-state index in [0.29, 0.717) is 17.7 Å². The third-order valence-corrected chi connectivity index (χ3v) is 5.59. The van der Waals surface area contributed by atoms with E-state index in [1.165, 1.54) is 19.2 Å². The number of nitrogens with one attached hydrogen (secondary N) is 2. The number of esters is 1. The van der Waals surface area contributed by atoms with Crippen LogP contribution in [0.25, 0.3) is 0 Å². The molecule has 0 aromatic heterocycles. The van der Waals surface area contributed by atoms with E-state index in [1.807, 2.05) is 0 Å². The number of methoxy groups -OCH3 is 1. The summed E-state index contributed by atoms with van der Waals surface area (Å²) in [6.45, 7) is 1.64. The molecule has 0 unspecified atom stereocenters. The van der Waals surface area contributed by atoms with Gasteiger partial charge in [-0.05, 0) is 55.7 Å². The summed E-state index contributed by atoms with van der Waals surface area (Å²) in [5.41, 5.74) is -2.45. The lowest BCUT2D eigenvalue weighted by Crippen LogP contribution is -2.49. The summed E-state index contributed by atoms with van der Waals surface area (Å²) in [7, 11) is 1.23. The Morgan fingerprint density at radius 3 is 2.30 bits per heavy atom. The third kappa shape index (κ3) is 5.44. The Kier molecular flexibility index (Phi) is 6.69. The van der Waals surface area contributed by atoms with Crippen LogP contribution in [0.2, 0.25) is 5.02 Å². The minimum absolute atomic E-state index is 0.207. The molecule has 2 aromatic carbocycles. The van der Waals surface area contributed by atoms with E-state index in [0.717, 1.165) is 0 Å². The maximum Gasteiger partial charge on any atom is 0.416 e. The highest BCUT2D eigenvalue weighted by Gasteiger charge is 2.51. The molecule has 0 bridgehead atoms. The largest absolute Gasteiger partial charge is 0.465 e. The van der Waals surface area contributed by atoms with Gasteiger partial charge in [0.05, 0.1) is 24.3 Å². The first-order valence-electron chi connectivity index (χ1n) is 9.75. The van der Waals surface area contributed by atoms with Gasteiger partial charge < -0.3 is 15.4 Å². The minimum Gasteiger partial charge on any atom is -0.465 e. The minimum atomic E-state index is -4.83. The molecule has 2 N–H and O–H groups in total. The van der Waals surface area contributed by atoms with E-state index < -0.39 is 52.5 Å². The van der Waals surface area contributed by atoms with Crippen molar-refractivity contribution in [2.75, 3.05) is 7.11 Å². The molecule has 0 heterocycles. The van der Waals surface area contributed by atoms with Crippen molar-refractivity contribution < 1.29 is 36.7 Å². The summed E-state index contributed by atoms with van der Waals surface area (Å²) >= 11 is 6.21. The summed E-state index contributed by atoms with van der Waals surface area (Å²) in [6, 6.07) is 5.28. The van der Waals surface area contributed by atoms with Crippen LogP contribution in [-0.4, -0.2) is 30.4 Å². The SMILES string of the molecule is COC(=O)c1ccc([C@@H](C)NC(=O)C2(NC(=O)c3cc(F)cc(C(F)(F)F)c3)CC2)c(Cl)c1. The van der Waals surface area contributed by atoms with Gasteiger partial charge in [-0.3, -0.25) is 9.59 Å². The number of carbonyl (C=O) groups is 3. The topological polar surface area (TPSA) is 84.5 Å². The van der Waals surface area contributed by atoms with Gasteiger partial charge in [0.15, 0.2) is 0 Å². The molecule has 2 aromatic rings. The van der Waals surface area contributed by atoms with Crippen molar-refractivity contribution in [2.45, 2.75) is 37.5 Å². The second kappa shape index (κ2) is 9.01. The number of benzene rings is 2. The number of carbonyl (C=O) groups excluding carboxylic acids is 3. The van der Waals surface area contributed by atoms with Gasteiger partial charge >= 0.3 is 12.1 Å². The van der Waals surface area contributed by atoms with Crippen molar-refractivity contribution in [1.82, 2.24) is 10.6 Å². The van der Waals surface area contributed by atoms with Crippen molar-refractivity contribution >= 4 is 29.4 Å². The van der Waals surface area contributed by atoms with E-state index in [-0.39, 0.29) is 29.5 Å². The Bertz CT molecular complexity index is 1120. The van der Waals surface area contributed by atoms with E-state index in [4.69, 9.17) is 11.6 Å². The Morgan fingerprint density at radius 2 is 1.76 bits per heavy atom. The number of ether oxygens (including phenoxy) is 1. The lowest BCUT2D eigenvalue weighted by molar-refractivity contribution is -0.137. The zero-order chi connectivity index (χ0) is 24.6. The molecule has 1 fully saturated rings. The molecule has 1 aliphatic carbocycles. The zero-order valence-corrected chi connectivity index (χ0v) is 18.2. The molecule has 176 valence electrons. The van der Waals surface area contributed by atoms with Crippen LogP contribution in [0, 0.1) is 5.82 Å². The van der Waals surface area contributed by atoms with Crippen LogP contribution >= 0.6 is 11.6 Å². The van der Waals surface area contributed by atoms with Gasteiger partial charge in [-0.25, -0.2) is 9.18 Å². The maximum absolute atomic E-state index is 13.6. The molecule has 0 saturated heterocycles. The summed E-state index contributed by atoms with van der Waals surface area (Å²) in [4.78, 5) is 36.9. The molecule has 0 radical (unpaired) electrons. The second-order valence-corrected chi connectivity index (χ2v) is 8.09. The van der Waals surface area contributed by atoms with Crippen molar-refractivity contribution in [3.05, 3.63) is 69.5 Å². The van der Waals surface area contributed by atoms with E-state index in [1.54, 1.807) is 13.0 Å². The number of amides is 2. The molecule has 0 spiro atoms. The average molecular weight is 487 g/mol. The molecule has 3 rings (SSSR count). The normalized spacial score (nSPS) is 15.4. The van der Waals surface area contributed by atoms with Crippen molar-refractivity contribution in [3.8, 4) is 0 Å². The summed E-state index contributed by atoms with van der Waals surface area (Å²) in [6.07, 6.45) is -4.31. The molecule has 1 aliphatic rings. The lowest BCUT2D eigenvalue weighted by atomic mass is 10.0. The van der Waals surface area contributed by atoms with Gasteiger partial charge in [-0.2, -0.15) is 13.2 Å². The van der Waals surface area contributed by atoms with E-state index in [9.17, 15) is 31.9 Å². The fourth-order valence-electron chi connectivity index (χ4n) is 3.24. The maximum atomic E-state index is 13.6. The van der Waals surface area contributed by atoms with Crippen LogP contribution in [0.4, 0.5) is 17.6 Å². The highest BCUT2D eigenvalue weighted by molar-refractivity contribution is 6.31. The molecule has 0 aliphatic heterocycles. The number of rotatable bonds is 6. The number of hydrogen-bond acceptors (Lipinski definition) is 4. The van der Waals surface area contributed by atoms with Crippen LogP contribution < -0.4 is 10.6 Å². The number of alkyl halides is 3. The van der Waals surface area contributed by atoms with Crippen LogP contribution in [-0.2, 0) is 15.7 Å².